The van der Waals surface area contributed by atoms with Gasteiger partial charge in [-0.25, -0.2) is 0 Å². The molecule has 0 aliphatic rings. The van der Waals surface area contributed by atoms with Gasteiger partial charge in [-0.15, -0.1) is 0 Å². The zero-order chi connectivity index (χ0) is 16.2. The predicted octanol–water partition coefficient (Wildman–Crippen LogP) is 3.47. The standard InChI is InChI=1S/C19H20N2O2/c1-21(2)16(14-8-4-3-5-9-14)13-20-19(22)18-12-15-10-6-7-11-17(15)23-18/h3-12,16H,13H2,1-2H3,(H,20,22)/t16-/m1/s1. The monoisotopic (exact) mass is 308 g/mol. The van der Waals surface area contributed by atoms with Crippen LogP contribution in [0.1, 0.15) is 22.2 Å². The summed E-state index contributed by atoms with van der Waals surface area (Å²) in [7, 11) is 4.01. The lowest BCUT2D eigenvalue weighted by molar-refractivity contribution is 0.0916. The molecule has 4 nitrogen and oxygen atoms in total. The number of para-hydroxylation sites is 1. The SMILES string of the molecule is CN(C)[C@H](CNC(=O)c1cc2ccccc2o1)c1ccccc1. The van der Waals surface area contributed by atoms with E-state index in [9.17, 15) is 4.79 Å². The summed E-state index contributed by atoms with van der Waals surface area (Å²) in [6.45, 7) is 0.521. The van der Waals surface area contributed by atoms with Crippen LogP contribution in [0.15, 0.2) is 65.1 Å². The fourth-order valence-corrected chi connectivity index (χ4v) is 2.64. The van der Waals surface area contributed by atoms with Crippen molar-refractivity contribution in [2.24, 2.45) is 0 Å². The third-order valence-electron chi connectivity index (χ3n) is 3.91. The summed E-state index contributed by atoms with van der Waals surface area (Å²) >= 11 is 0. The summed E-state index contributed by atoms with van der Waals surface area (Å²) in [5.74, 6) is 0.153. The van der Waals surface area contributed by atoms with Crippen LogP contribution in [-0.2, 0) is 0 Å². The molecule has 1 heterocycles. The molecule has 4 heteroatoms. The molecule has 1 amide bonds. The number of rotatable bonds is 5. The number of amides is 1. The van der Waals surface area contributed by atoms with Crippen LogP contribution < -0.4 is 5.32 Å². The van der Waals surface area contributed by atoms with Gasteiger partial charge in [0.2, 0.25) is 0 Å². The summed E-state index contributed by atoms with van der Waals surface area (Å²) in [6.07, 6.45) is 0. The molecule has 2 aromatic carbocycles. The Morgan fingerprint density at radius 2 is 1.78 bits per heavy atom. The number of likely N-dealkylation sites (N-methyl/N-ethyl adjacent to an activating group) is 1. The number of nitrogens with zero attached hydrogens (tertiary/aromatic N) is 1. The molecule has 0 saturated heterocycles. The Morgan fingerprint density at radius 1 is 1.09 bits per heavy atom. The maximum atomic E-state index is 12.3. The summed E-state index contributed by atoms with van der Waals surface area (Å²) < 4.78 is 5.60. The van der Waals surface area contributed by atoms with Gasteiger partial charge in [0.1, 0.15) is 5.58 Å². The van der Waals surface area contributed by atoms with Crippen LogP contribution >= 0.6 is 0 Å². The van der Waals surface area contributed by atoms with Crippen LogP contribution in [0.25, 0.3) is 11.0 Å². The zero-order valence-corrected chi connectivity index (χ0v) is 13.3. The molecule has 0 spiro atoms. The topological polar surface area (TPSA) is 45.5 Å². The first-order chi connectivity index (χ1) is 11.1. The second kappa shape index (κ2) is 6.67. The van der Waals surface area contributed by atoms with Crippen molar-refractivity contribution in [3.8, 4) is 0 Å². The minimum absolute atomic E-state index is 0.115. The van der Waals surface area contributed by atoms with Gasteiger partial charge in [0.25, 0.3) is 5.91 Å². The van der Waals surface area contributed by atoms with Crippen molar-refractivity contribution >= 4 is 16.9 Å². The average molecular weight is 308 g/mol. The third-order valence-corrected chi connectivity index (χ3v) is 3.91. The number of hydrogen-bond acceptors (Lipinski definition) is 3. The summed E-state index contributed by atoms with van der Waals surface area (Å²) in [5, 5.41) is 3.90. The molecule has 1 atom stereocenters. The van der Waals surface area contributed by atoms with Crippen molar-refractivity contribution < 1.29 is 9.21 Å². The van der Waals surface area contributed by atoms with Gasteiger partial charge in [-0.3, -0.25) is 4.79 Å². The molecule has 0 aliphatic heterocycles. The van der Waals surface area contributed by atoms with Crippen molar-refractivity contribution in [3.05, 3.63) is 72.0 Å². The van der Waals surface area contributed by atoms with E-state index in [1.807, 2.05) is 56.6 Å². The van der Waals surface area contributed by atoms with Crippen molar-refractivity contribution in [3.63, 3.8) is 0 Å². The number of hydrogen-bond donors (Lipinski definition) is 1. The van der Waals surface area contributed by atoms with Crippen LogP contribution in [0.3, 0.4) is 0 Å². The normalized spacial score (nSPS) is 12.5. The van der Waals surface area contributed by atoms with Crippen molar-refractivity contribution in [2.75, 3.05) is 20.6 Å². The lowest BCUT2D eigenvalue weighted by Crippen LogP contribution is -2.34. The fraction of sp³-hybridized carbons (Fsp3) is 0.211. The van der Waals surface area contributed by atoms with Gasteiger partial charge < -0.3 is 14.6 Å². The van der Waals surface area contributed by atoms with Crippen LogP contribution in [0, 0.1) is 0 Å². The zero-order valence-electron chi connectivity index (χ0n) is 13.3. The minimum atomic E-state index is -0.191. The largest absolute Gasteiger partial charge is 0.451 e. The first-order valence-corrected chi connectivity index (χ1v) is 7.63. The molecule has 0 unspecified atom stereocenters. The number of fused-ring (bicyclic) bond motifs is 1. The fourth-order valence-electron chi connectivity index (χ4n) is 2.64. The molecule has 0 aliphatic carbocycles. The number of furan rings is 1. The third kappa shape index (κ3) is 3.43. The summed E-state index contributed by atoms with van der Waals surface area (Å²) in [4.78, 5) is 14.4. The number of carbonyl (C=O) groups excluding carboxylic acids is 1. The molecule has 1 aromatic heterocycles. The van der Waals surface area contributed by atoms with E-state index in [4.69, 9.17) is 4.42 Å². The van der Waals surface area contributed by atoms with Crippen LogP contribution in [0.5, 0.6) is 0 Å². The van der Waals surface area contributed by atoms with E-state index in [-0.39, 0.29) is 11.9 Å². The van der Waals surface area contributed by atoms with E-state index in [2.05, 4.69) is 22.3 Å². The van der Waals surface area contributed by atoms with Crippen molar-refractivity contribution in [1.82, 2.24) is 10.2 Å². The molecule has 0 bridgehead atoms. The molecule has 118 valence electrons. The van der Waals surface area contributed by atoms with E-state index in [1.54, 1.807) is 6.07 Å². The van der Waals surface area contributed by atoms with Crippen molar-refractivity contribution in [1.29, 1.82) is 0 Å². The van der Waals surface area contributed by atoms with Gasteiger partial charge in [-0.2, -0.15) is 0 Å². The lowest BCUT2D eigenvalue weighted by atomic mass is 10.1. The lowest BCUT2D eigenvalue weighted by Gasteiger charge is -2.24. The predicted molar refractivity (Wildman–Crippen MR) is 91.4 cm³/mol. The van der Waals surface area contributed by atoms with E-state index < -0.39 is 0 Å². The Bertz CT molecular complexity index is 760. The van der Waals surface area contributed by atoms with Gasteiger partial charge in [-0.05, 0) is 31.8 Å². The first kappa shape index (κ1) is 15.3. The molecule has 23 heavy (non-hydrogen) atoms. The van der Waals surface area contributed by atoms with Crippen LogP contribution in [0.2, 0.25) is 0 Å². The summed E-state index contributed by atoms with van der Waals surface area (Å²) in [5.41, 5.74) is 1.90. The molecular formula is C19H20N2O2. The highest BCUT2D eigenvalue weighted by molar-refractivity contribution is 5.96. The highest BCUT2D eigenvalue weighted by Crippen LogP contribution is 2.20. The van der Waals surface area contributed by atoms with Crippen LogP contribution in [-0.4, -0.2) is 31.4 Å². The molecule has 3 rings (SSSR count). The number of benzene rings is 2. The quantitative estimate of drug-likeness (QED) is 0.785. The average Bonchev–Trinajstić information content (AvgIpc) is 2.99. The number of carbonyl (C=O) groups is 1. The summed E-state index contributed by atoms with van der Waals surface area (Å²) in [6, 6.07) is 19.6. The minimum Gasteiger partial charge on any atom is -0.451 e. The Labute approximate surface area is 135 Å². The van der Waals surface area contributed by atoms with E-state index in [0.29, 0.717) is 12.3 Å². The van der Waals surface area contributed by atoms with Gasteiger partial charge in [0.05, 0.1) is 6.04 Å². The molecular weight excluding hydrogens is 288 g/mol. The first-order valence-electron chi connectivity index (χ1n) is 7.63. The maximum absolute atomic E-state index is 12.3. The van der Waals surface area contributed by atoms with Crippen LogP contribution in [0.4, 0.5) is 0 Å². The Kier molecular flexibility index (Phi) is 4.44. The van der Waals surface area contributed by atoms with E-state index in [0.717, 1.165) is 11.0 Å². The highest BCUT2D eigenvalue weighted by Gasteiger charge is 2.17. The second-order valence-electron chi connectivity index (χ2n) is 5.75. The smallest absolute Gasteiger partial charge is 0.287 e. The van der Waals surface area contributed by atoms with Gasteiger partial charge in [-0.1, -0.05) is 48.5 Å². The Hall–Kier alpha value is -2.59. The maximum Gasteiger partial charge on any atom is 0.287 e. The molecule has 0 radical (unpaired) electrons. The molecule has 1 N–H and O–H groups in total. The van der Waals surface area contributed by atoms with E-state index in [1.165, 1.54) is 5.56 Å². The Morgan fingerprint density at radius 3 is 2.48 bits per heavy atom. The van der Waals surface area contributed by atoms with Gasteiger partial charge >= 0.3 is 0 Å². The van der Waals surface area contributed by atoms with Gasteiger partial charge in [0, 0.05) is 11.9 Å². The van der Waals surface area contributed by atoms with E-state index >= 15 is 0 Å². The van der Waals surface area contributed by atoms with Crippen molar-refractivity contribution in [2.45, 2.75) is 6.04 Å². The number of nitrogens with one attached hydrogen (secondary N) is 1. The Balaban J connectivity index is 1.71. The second-order valence-corrected chi connectivity index (χ2v) is 5.75. The molecule has 0 saturated carbocycles. The highest BCUT2D eigenvalue weighted by atomic mass is 16.3. The van der Waals surface area contributed by atoms with Gasteiger partial charge in [0.15, 0.2) is 5.76 Å². The molecule has 0 fully saturated rings. The molecule has 3 aromatic rings.